The Balaban J connectivity index is 1.47. The van der Waals surface area contributed by atoms with E-state index in [4.69, 9.17) is 9.84 Å². The van der Waals surface area contributed by atoms with Crippen molar-refractivity contribution >= 4 is 23.3 Å². The number of carbonyl (C=O) groups is 1. The SMILES string of the molecule is CCC(CSc1ccc(OCC(=O)O)c(C)c1)=C(c1ccc(-c2cccnc2)cc1)c1ccc(-c2cccnc2)cc1. The molecule has 0 amide bonds. The minimum absolute atomic E-state index is 0.349. The molecule has 0 fully saturated rings. The molecule has 0 aliphatic rings. The van der Waals surface area contributed by atoms with Gasteiger partial charge in [-0.1, -0.05) is 73.2 Å². The number of aryl methyl sites for hydroxylation is 1. The lowest BCUT2D eigenvalue weighted by atomic mass is 9.90. The number of hydrogen-bond acceptors (Lipinski definition) is 5. The molecule has 5 nitrogen and oxygen atoms in total. The van der Waals surface area contributed by atoms with Crippen LogP contribution in [0.2, 0.25) is 0 Å². The second-order valence-electron chi connectivity index (χ2n) is 9.87. The average Bonchev–Trinajstić information content (AvgIpc) is 3.03. The maximum atomic E-state index is 10.9. The summed E-state index contributed by atoms with van der Waals surface area (Å²) < 4.78 is 5.41. The molecule has 0 spiro atoms. The summed E-state index contributed by atoms with van der Waals surface area (Å²) in [4.78, 5) is 20.6. The third-order valence-corrected chi connectivity index (χ3v) is 8.11. The number of hydrogen-bond donors (Lipinski definition) is 1. The van der Waals surface area contributed by atoms with Crippen LogP contribution < -0.4 is 4.74 Å². The number of aliphatic carboxylic acids is 1. The standard InChI is InChI=1S/C36H32N2O3S/c1-3-26(24-42-33-16-17-34(25(2)20-33)41-23-35(39)40)36(29-12-8-27(9-13-29)31-6-4-18-37-21-31)30-14-10-28(11-15-30)32-7-5-19-38-22-32/h4-22H,3,23-24H2,1-2H3,(H,39,40). The molecule has 2 heterocycles. The van der Waals surface area contributed by atoms with Crippen LogP contribution in [0.1, 0.15) is 30.0 Å². The number of ether oxygens (including phenoxy) is 1. The fourth-order valence-electron chi connectivity index (χ4n) is 4.84. The lowest BCUT2D eigenvalue weighted by molar-refractivity contribution is -0.139. The normalized spacial score (nSPS) is 10.7. The molecule has 1 N–H and O–H groups in total. The third kappa shape index (κ3) is 7.14. The fraction of sp³-hybridized carbons (Fsp3) is 0.139. The molecule has 5 rings (SSSR count). The topological polar surface area (TPSA) is 72.3 Å². The number of aromatic nitrogens is 2. The van der Waals surface area contributed by atoms with Crippen LogP contribution in [0.4, 0.5) is 0 Å². The molecular weight excluding hydrogens is 540 g/mol. The van der Waals surface area contributed by atoms with E-state index in [2.05, 4.69) is 83.6 Å². The highest BCUT2D eigenvalue weighted by Gasteiger charge is 2.14. The smallest absolute Gasteiger partial charge is 0.341 e. The lowest BCUT2D eigenvalue weighted by Gasteiger charge is -2.17. The van der Waals surface area contributed by atoms with Crippen molar-refractivity contribution in [1.82, 2.24) is 9.97 Å². The molecule has 6 heteroatoms. The molecule has 0 aliphatic heterocycles. The van der Waals surface area contributed by atoms with E-state index in [1.807, 2.05) is 43.6 Å². The first kappa shape index (κ1) is 28.8. The Hall–Kier alpha value is -4.68. The summed E-state index contributed by atoms with van der Waals surface area (Å²) in [6.45, 7) is 3.80. The number of carboxylic acids is 1. The molecule has 0 bridgehead atoms. The molecule has 210 valence electrons. The minimum Gasteiger partial charge on any atom is -0.482 e. The summed E-state index contributed by atoms with van der Waals surface area (Å²) in [5.74, 6) is 0.422. The summed E-state index contributed by atoms with van der Waals surface area (Å²) in [6, 6.07) is 31.4. The van der Waals surface area contributed by atoms with Crippen LogP contribution >= 0.6 is 11.8 Å². The van der Waals surface area contributed by atoms with Gasteiger partial charge >= 0.3 is 5.97 Å². The van der Waals surface area contributed by atoms with Gasteiger partial charge in [0, 0.05) is 35.4 Å². The molecule has 0 saturated carbocycles. The van der Waals surface area contributed by atoms with Gasteiger partial charge in [0.25, 0.3) is 0 Å². The van der Waals surface area contributed by atoms with Gasteiger partial charge in [0.2, 0.25) is 0 Å². The highest BCUT2D eigenvalue weighted by atomic mass is 32.2. The number of carboxylic acid groups (broad SMARTS) is 1. The Labute approximate surface area is 251 Å². The number of benzene rings is 3. The van der Waals surface area contributed by atoms with Gasteiger partial charge in [-0.25, -0.2) is 4.79 Å². The molecule has 0 aliphatic carbocycles. The average molecular weight is 573 g/mol. The summed E-state index contributed by atoms with van der Waals surface area (Å²) in [5, 5.41) is 8.94. The monoisotopic (exact) mass is 572 g/mol. The van der Waals surface area contributed by atoms with Gasteiger partial charge in [-0.3, -0.25) is 9.97 Å². The van der Waals surface area contributed by atoms with Gasteiger partial charge in [0.05, 0.1) is 0 Å². The first-order chi connectivity index (χ1) is 20.5. The Kier molecular flexibility index (Phi) is 9.47. The van der Waals surface area contributed by atoms with Gasteiger partial charge in [-0.2, -0.15) is 0 Å². The van der Waals surface area contributed by atoms with Gasteiger partial charge in [-0.05, 0) is 88.2 Å². The molecule has 0 atom stereocenters. The number of nitrogens with zero attached hydrogens (tertiary/aromatic N) is 2. The van der Waals surface area contributed by atoms with E-state index in [0.29, 0.717) is 5.75 Å². The van der Waals surface area contributed by atoms with Gasteiger partial charge < -0.3 is 9.84 Å². The molecular formula is C36H32N2O3S. The van der Waals surface area contributed by atoms with Crippen molar-refractivity contribution in [3.8, 4) is 28.0 Å². The van der Waals surface area contributed by atoms with Crippen LogP contribution in [0, 0.1) is 6.92 Å². The van der Waals surface area contributed by atoms with Crippen molar-refractivity contribution < 1.29 is 14.6 Å². The largest absolute Gasteiger partial charge is 0.482 e. The first-order valence-electron chi connectivity index (χ1n) is 13.8. The summed E-state index contributed by atoms with van der Waals surface area (Å²) in [6.07, 6.45) is 8.25. The van der Waals surface area contributed by atoms with Crippen LogP contribution in [0.25, 0.3) is 27.8 Å². The Bertz CT molecular complexity index is 1580. The summed E-state index contributed by atoms with van der Waals surface area (Å²) >= 11 is 1.77. The zero-order chi connectivity index (χ0) is 29.3. The van der Waals surface area contributed by atoms with Crippen LogP contribution in [0.3, 0.4) is 0 Å². The molecule has 42 heavy (non-hydrogen) atoms. The lowest BCUT2D eigenvalue weighted by Crippen LogP contribution is -2.10. The van der Waals surface area contributed by atoms with Crippen LogP contribution in [-0.4, -0.2) is 33.4 Å². The Morgan fingerprint density at radius 1 is 0.786 bits per heavy atom. The van der Waals surface area contributed by atoms with Crippen LogP contribution in [-0.2, 0) is 4.79 Å². The van der Waals surface area contributed by atoms with Crippen molar-refractivity contribution in [2.24, 2.45) is 0 Å². The maximum Gasteiger partial charge on any atom is 0.341 e. The zero-order valence-corrected chi connectivity index (χ0v) is 24.5. The van der Waals surface area contributed by atoms with Crippen LogP contribution in [0.5, 0.6) is 5.75 Å². The van der Waals surface area contributed by atoms with Crippen molar-refractivity contribution in [1.29, 1.82) is 0 Å². The minimum atomic E-state index is -0.986. The highest BCUT2D eigenvalue weighted by molar-refractivity contribution is 7.99. The molecule has 0 radical (unpaired) electrons. The van der Waals surface area contributed by atoms with Gasteiger partial charge in [-0.15, -0.1) is 11.8 Å². The quantitative estimate of drug-likeness (QED) is 0.160. The fourth-order valence-corrected chi connectivity index (χ4v) is 5.95. The Morgan fingerprint density at radius 2 is 1.36 bits per heavy atom. The summed E-state index contributed by atoms with van der Waals surface area (Å²) in [7, 11) is 0. The summed E-state index contributed by atoms with van der Waals surface area (Å²) in [5.41, 5.74) is 10.3. The Morgan fingerprint density at radius 3 is 1.81 bits per heavy atom. The van der Waals surface area contributed by atoms with E-state index >= 15 is 0 Å². The molecule has 5 aromatic rings. The van der Waals surface area contributed by atoms with E-state index in [0.717, 1.165) is 44.9 Å². The second kappa shape index (κ2) is 13.8. The van der Waals surface area contributed by atoms with Crippen molar-refractivity contribution in [2.75, 3.05) is 12.4 Å². The predicted octanol–water partition coefficient (Wildman–Crippen LogP) is 8.59. The number of thioether (sulfide) groups is 1. The molecule has 0 unspecified atom stereocenters. The van der Waals surface area contributed by atoms with Crippen molar-refractivity contribution in [2.45, 2.75) is 25.2 Å². The maximum absolute atomic E-state index is 10.9. The highest BCUT2D eigenvalue weighted by Crippen LogP contribution is 2.35. The number of pyridine rings is 2. The van der Waals surface area contributed by atoms with Crippen molar-refractivity contribution in [3.63, 3.8) is 0 Å². The zero-order valence-electron chi connectivity index (χ0n) is 23.7. The van der Waals surface area contributed by atoms with E-state index in [1.165, 1.54) is 22.3 Å². The van der Waals surface area contributed by atoms with Gasteiger partial charge in [0.1, 0.15) is 5.75 Å². The van der Waals surface area contributed by atoms with E-state index in [1.54, 1.807) is 24.2 Å². The van der Waals surface area contributed by atoms with Gasteiger partial charge in [0.15, 0.2) is 6.61 Å². The van der Waals surface area contributed by atoms with Crippen molar-refractivity contribution in [3.05, 3.63) is 138 Å². The van der Waals surface area contributed by atoms with E-state index in [-0.39, 0.29) is 6.61 Å². The second-order valence-corrected chi connectivity index (χ2v) is 10.9. The first-order valence-corrected chi connectivity index (χ1v) is 14.8. The molecule has 3 aromatic carbocycles. The molecule has 0 saturated heterocycles. The van der Waals surface area contributed by atoms with Crippen LogP contribution in [0.15, 0.2) is 126 Å². The third-order valence-electron chi connectivity index (χ3n) is 7.03. The molecule has 2 aromatic heterocycles. The predicted molar refractivity (Wildman–Crippen MR) is 171 cm³/mol. The number of rotatable bonds is 11. The van der Waals surface area contributed by atoms with E-state index in [9.17, 15) is 4.79 Å². The van der Waals surface area contributed by atoms with E-state index < -0.39 is 5.97 Å².